The number of benzene rings is 1. The molecule has 1 unspecified atom stereocenters. The van der Waals surface area contributed by atoms with Gasteiger partial charge in [0, 0.05) is 18.7 Å². The molecule has 0 amide bonds. The fourth-order valence-corrected chi connectivity index (χ4v) is 4.10. The Balaban J connectivity index is 1.88. The van der Waals surface area contributed by atoms with E-state index in [4.69, 9.17) is 0 Å². The molecule has 0 aliphatic carbocycles. The van der Waals surface area contributed by atoms with E-state index in [1.54, 1.807) is 12.1 Å². The summed E-state index contributed by atoms with van der Waals surface area (Å²) >= 11 is 0. The van der Waals surface area contributed by atoms with E-state index in [2.05, 4.69) is 5.32 Å². The van der Waals surface area contributed by atoms with Crippen molar-refractivity contribution >= 4 is 9.84 Å². The molecule has 1 atom stereocenters. The molecule has 0 spiro atoms. The molecule has 2 rings (SSSR count). The first kappa shape index (κ1) is 14.4. The summed E-state index contributed by atoms with van der Waals surface area (Å²) in [4.78, 5) is 0. The summed E-state index contributed by atoms with van der Waals surface area (Å²) in [6.07, 6.45) is -1.07. The third-order valence-electron chi connectivity index (χ3n) is 3.37. The van der Waals surface area contributed by atoms with E-state index >= 15 is 0 Å². The average molecular weight is 289 g/mol. The van der Waals surface area contributed by atoms with E-state index in [1.807, 2.05) is 0 Å². The van der Waals surface area contributed by atoms with Crippen molar-refractivity contribution in [2.75, 3.05) is 12.3 Å². The second-order valence-corrected chi connectivity index (χ2v) is 7.21. The Bertz CT molecular complexity index is 531. The van der Waals surface area contributed by atoms with Gasteiger partial charge in [-0.3, -0.25) is 0 Å². The lowest BCUT2D eigenvalue weighted by molar-refractivity contribution is 0.151. The normalized spacial score (nSPS) is 21.9. The van der Waals surface area contributed by atoms with Gasteiger partial charge in [0.05, 0.1) is 11.0 Å². The second kappa shape index (κ2) is 5.96. The van der Waals surface area contributed by atoms with Gasteiger partial charge in [-0.05, 0) is 24.5 Å². The smallest absolute Gasteiger partial charge is 0.263 e. The molecule has 106 valence electrons. The summed E-state index contributed by atoms with van der Waals surface area (Å²) in [5.41, 5.74) is 0.737. The SMILES string of the molecule is O=S1(=O)CCCC1CNCc1cccc(C(F)F)c1. The van der Waals surface area contributed by atoms with Gasteiger partial charge in [0.15, 0.2) is 9.84 Å². The maximum Gasteiger partial charge on any atom is 0.263 e. The Morgan fingerprint density at radius 3 is 2.79 bits per heavy atom. The fraction of sp³-hybridized carbons (Fsp3) is 0.538. The molecule has 1 saturated heterocycles. The van der Waals surface area contributed by atoms with E-state index in [-0.39, 0.29) is 16.6 Å². The van der Waals surface area contributed by atoms with Gasteiger partial charge in [-0.2, -0.15) is 0 Å². The summed E-state index contributed by atoms with van der Waals surface area (Å²) in [5, 5.41) is 2.71. The molecule has 3 nitrogen and oxygen atoms in total. The number of alkyl halides is 2. The number of rotatable bonds is 5. The summed E-state index contributed by atoms with van der Waals surface area (Å²) < 4.78 is 48.3. The molecular weight excluding hydrogens is 272 g/mol. The highest BCUT2D eigenvalue weighted by Gasteiger charge is 2.30. The van der Waals surface area contributed by atoms with Crippen LogP contribution in [0.25, 0.3) is 0 Å². The van der Waals surface area contributed by atoms with Crippen LogP contribution in [0.2, 0.25) is 0 Å². The Labute approximate surface area is 111 Å². The van der Waals surface area contributed by atoms with Crippen LogP contribution >= 0.6 is 0 Å². The topological polar surface area (TPSA) is 46.2 Å². The molecule has 0 radical (unpaired) electrons. The van der Waals surface area contributed by atoms with Crippen molar-refractivity contribution in [1.82, 2.24) is 5.32 Å². The number of hydrogen-bond donors (Lipinski definition) is 1. The lowest BCUT2D eigenvalue weighted by Crippen LogP contribution is -2.30. The maximum atomic E-state index is 12.5. The predicted octanol–water partition coefficient (Wildman–Crippen LogP) is 2.29. The molecule has 1 fully saturated rings. The highest BCUT2D eigenvalue weighted by atomic mass is 32.2. The minimum atomic E-state index is -2.95. The molecule has 1 aliphatic rings. The van der Waals surface area contributed by atoms with Crippen LogP contribution in [-0.4, -0.2) is 26.0 Å². The van der Waals surface area contributed by atoms with Crippen LogP contribution in [0.3, 0.4) is 0 Å². The first-order valence-corrected chi connectivity index (χ1v) is 8.00. The third-order valence-corrected chi connectivity index (χ3v) is 5.64. The number of halogens is 2. The van der Waals surface area contributed by atoms with Crippen molar-refractivity contribution in [2.45, 2.75) is 31.1 Å². The Hall–Kier alpha value is -1.01. The monoisotopic (exact) mass is 289 g/mol. The molecule has 1 heterocycles. The van der Waals surface area contributed by atoms with Crippen molar-refractivity contribution in [3.05, 3.63) is 35.4 Å². The first-order valence-electron chi connectivity index (χ1n) is 6.28. The van der Waals surface area contributed by atoms with Gasteiger partial charge in [-0.25, -0.2) is 17.2 Å². The lowest BCUT2D eigenvalue weighted by atomic mass is 10.1. The summed E-state index contributed by atoms with van der Waals surface area (Å²) in [7, 11) is -2.95. The van der Waals surface area contributed by atoms with Crippen LogP contribution in [-0.2, 0) is 16.4 Å². The van der Waals surface area contributed by atoms with Gasteiger partial charge in [0.2, 0.25) is 0 Å². The van der Waals surface area contributed by atoms with E-state index in [1.165, 1.54) is 12.1 Å². The molecular formula is C13H17F2NO2S. The van der Waals surface area contributed by atoms with Crippen LogP contribution < -0.4 is 5.32 Å². The molecule has 6 heteroatoms. The zero-order valence-corrected chi connectivity index (χ0v) is 11.3. The summed E-state index contributed by atoms with van der Waals surface area (Å²) in [5.74, 6) is 0.264. The van der Waals surface area contributed by atoms with Crippen molar-refractivity contribution in [2.24, 2.45) is 0 Å². The highest BCUT2D eigenvalue weighted by Crippen LogP contribution is 2.20. The van der Waals surface area contributed by atoms with Gasteiger partial charge in [0.25, 0.3) is 6.43 Å². The Morgan fingerprint density at radius 2 is 2.16 bits per heavy atom. The van der Waals surface area contributed by atoms with Gasteiger partial charge < -0.3 is 5.32 Å². The van der Waals surface area contributed by atoms with Gasteiger partial charge >= 0.3 is 0 Å². The van der Waals surface area contributed by atoms with Crippen molar-refractivity contribution < 1.29 is 17.2 Å². The maximum absolute atomic E-state index is 12.5. The zero-order valence-electron chi connectivity index (χ0n) is 10.5. The van der Waals surface area contributed by atoms with Crippen molar-refractivity contribution in [3.63, 3.8) is 0 Å². The van der Waals surface area contributed by atoms with Crippen molar-refractivity contribution in [1.29, 1.82) is 0 Å². The molecule has 1 N–H and O–H groups in total. The summed E-state index contributed by atoms with van der Waals surface area (Å²) in [6, 6.07) is 6.17. The largest absolute Gasteiger partial charge is 0.311 e. The molecule has 19 heavy (non-hydrogen) atoms. The van der Waals surface area contributed by atoms with Crippen LogP contribution in [0.4, 0.5) is 8.78 Å². The van der Waals surface area contributed by atoms with Gasteiger partial charge in [-0.15, -0.1) is 0 Å². The first-order chi connectivity index (χ1) is 8.99. The lowest BCUT2D eigenvalue weighted by Gasteiger charge is -2.11. The van der Waals surface area contributed by atoms with Crippen LogP contribution in [0.1, 0.15) is 30.4 Å². The van der Waals surface area contributed by atoms with Crippen LogP contribution in [0, 0.1) is 0 Å². The number of nitrogens with one attached hydrogen (secondary N) is 1. The second-order valence-electron chi connectivity index (χ2n) is 4.81. The van der Waals surface area contributed by atoms with Gasteiger partial charge in [-0.1, -0.05) is 18.2 Å². The molecule has 1 aliphatic heterocycles. The minimum absolute atomic E-state index is 0.00668. The Morgan fingerprint density at radius 1 is 1.37 bits per heavy atom. The minimum Gasteiger partial charge on any atom is -0.311 e. The van der Waals surface area contributed by atoms with E-state index in [0.717, 1.165) is 12.0 Å². The third kappa shape index (κ3) is 3.73. The highest BCUT2D eigenvalue weighted by molar-refractivity contribution is 7.92. The van der Waals surface area contributed by atoms with Crippen LogP contribution in [0.5, 0.6) is 0 Å². The molecule has 0 saturated carbocycles. The van der Waals surface area contributed by atoms with E-state index in [0.29, 0.717) is 19.5 Å². The average Bonchev–Trinajstić information content (AvgIpc) is 2.69. The number of hydrogen-bond acceptors (Lipinski definition) is 3. The standard InChI is InChI=1S/C13H17F2NO2S/c14-13(15)11-4-1-3-10(7-11)8-16-9-12-5-2-6-19(12,17)18/h1,3-4,7,12-13,16H,2,5-6,8-9H2. The predicted molar refractivity (Wildman–Crippen MR) is 69.9 cm³/mol. The quantitative estimate of drug-likeness (QED) is 0.904. The molecule has 0 aromatic heterocycles. The van der Waals surface area contributed by atoms with Gasteiger partial charge in [0.1, 0.15) is 0 Å². The fourth-order valence-electron chi connectivity index (χ4n) is 2.30. The number of sulfone groups is 1. The summed E-state index contributed by atoms with van der Waals surface area (Å²) in [6.45, 7) is 0.799. The molecule has 1 aromatic carbocycles. The zero-order chi connectivity index (χ0) is 13.9. The van der Waals surface area contributed by atoms with Crippen LogP contribution in [0.15, 0.2) is 24.3 Å². The van der Waals surface area contributed by atoms with E-state index in [9.17, 15) is 17.2 Å². The van der Waals surface area contributed by atoms with E-state index < -0.39 is 16.3 Å². The Kier molecular flexibility index (Phi) is 4.52. The molecule has 1 aromatic rings. The molecule has 0 bridgehead atoms. The van der Waals surface area contributed by atoms with Crippen molar-refractivity contribution in [3.8, 4) is 0 Å².